The lowest BCUT2D eigenvalue weighted by atomic mass is 10.2. The van der Waals surface area contributed by atoms with E-state index in [9.17, 15) is 19.5 Å². The Hall–Kier alpha value is -2.57. The molecule has 1 aliphatic heterocycles. The van der Waals surface area contributed by atoms with Gasteiger partial charge in [0.05, 0.1) is 0 Å². The van der Waals surface area contributed by atoms with Gasteiger partial charge in [0.15, 0.2) is 6.61 Å². The van der Waals surface area contributed by atoms with Gasteiger partial charge in [-0.05, 0) is 31.4 Å². The Morgan fingerprint density at radius 1 is 1.00 bits per heavy atom. The number of carboxylic acids is 1. The van der Waals surface area contributed by atoms with Crippen LogP contribution in [0.1, 0.15) is 24.8 Å². The van der Waals surface area contributed by atoms with Crippen LogP contribution in [0.25, 0.3) is 0 Å². The highest BCUT2D eigenvalue weighted by atomic mass is 16.5. The van der Waals surface area contributed by atoms with Crippen molar-refractivity contribution in [3.63, 3.8) is 0 Å². The summed E-state index contributed by atoms with van der Waals surface area (Å²) < 4.78 is 5.57. The van der Waals surface area contributed by atoms with Gasteiger partial charge in [0.25, 0.3) is 5.91 Å². The van der Waals surface area contributed by atoms with Crippen molar-refractivity contribution in [1.29, 1.82) is 0 Å². The van der Waals surface area contributed by atoms with E-state index in [1.165, 1.54) is 0 Å². The lowest BCUT2D eigenvalue weighted by molar-refractivity contribution is -0.305. The fourth-order valence-corrected chi connectivity index (χ4v) is 2.70. The quantitative estimate of drug-likeness (QED) is 0.691. The molecule has 7 nitrogen and oxygen atoms in total. The number of benzene rings is 1. The third kappa shape index (κ3) is 5.77. The molecule has 0 aromatic heterocycles. The van der Waals surface area contributed by atoms with Gasteiger partial charge in [-0.15, -0.1) is 0 Å². The number of amides is 2. The van der Waals surface area contributed by atoms with Crippen LogP contribution >= 0.6 is 0 Å². The van der Waals surface area contributed by atoms with E-state index in [0.29, 0.717) is 31.9 Å². The van der Waals surface area contributed by atoms with E-state index >= 15 is 0 Å². The number of piperazine rings is 1. The van der Waals surface area contributed by atoms with Gasteiger partial charge >= 0.3 is 0 Å². The molecule has 7 heteroatoms. The van der Waals surface area contributed by atoms with Crippen molar-refractivity contribution in [2.24, 2.45) is 0 Å². The summed E-state index contributed by atoms with van der Waals surface area (Å²) in [6.07, 6.45) is 0.364. The number of hydrogen-bond donors (Lipinski definition) is 0. The van der Waals surface area contributed by atoms with Crippen LogP contribution in [0.3, 0.4) is 0 Å². The van der Waals surface area contributed by atoms with E-state index < -0.39 is 5.97 Å². The van der Waals surface area contributed by atoms with Crippen LogP contribution in [0.2, 0.25) is 0 Å². The lowest BCUT2D eigenvalue weighted by Gasteiger charge is -2.34. The normalized spacial score (nSPS) is 14.3. The molecule has 25 heavy (non-hydrogen) atoms. The van der Waals surface area contributed by atoms with Crippen molar-refractivity contribution in [3.8, 4) is 5.75 Å². The molecular weight excluding hydrogens is 324 g/mol. The van der Waals surface area contributed by atoms with Crippen molar-refractivity contribution >= 4 is 17.8 Å². The Labute approximate surface area is 147 Å². The summed E-state index contributed by atoms with van der Waals surface area (Å²) in [6.45, 7) is 3.74. The molecule has 0 bridgehead atoms. The molecule has 2 rings (SSSR count). The first kappa shape index (κ1) is 18.8. The summed E-state index contributed by atoms with van der Waals surface area (Å²) >= 11 is 0. The molecule has 0 radical (unpaired) electrons. The third-order valence-corrected chi connectivity index (χ3v) is 4.20. The lowest BCUT2D eigenvalue weighted by Crippen LogP contribution is -2.51. The number of nitrogens with zero attached hydrogens (tertiary/aromatic N) is 2. The summed E-state index contributed by atoms with van der Waals surface area (Å²) in [4.78, 5) is 37.9. The highest BCUT2D eigenvalue weighted by Crippen LogP contribution is 2.16. The van der Waals surface area contributed by atoms with E-state index in [4.69, 9.17) is 4.74 Å². The number of para-hydroxylation sites is 1. The van der Waals surface area contributed by atoms with Gasteiger partial charge in [-0.2, -0.15) is 0 Å². The minimum Gasteiger partial charge on any atom is -0.550 e. The maximum Gasteiger partial charge on any atom is 0.260 e. The van der Waals surface area contributed by atoms with Crippen molar-refractivity contribution < 1.29 is 24.2 Å². The SMILES string of the molecule is Cc1ccccc1OCC(=O)N1CCN(C(=O)CCCC(=O)[O-])CC1. The van der Waals surface area contributed by atoms with Crippen LogP contribution in [0.4, 0.5) is 0 Å². The molecule has 0 aliphatic carbocycles. The second-order valence-corrected chi connectivity index (χ2v) is 6.04. The number of carboxylic acid groups (broad SMARTS) is 1. The molecule has 1 saturated heterocycles. The number of ether oxygens (including phenoxy) is 1. The smallest absolute Gasteiger partial charge is 0.260 e. The van der Waals surface area contributed by atoms with Crippen LogP contribution in [0, 0.1) is 6.92 Å². The maximum absolute atomic E-state index is 12.2. The standard InChI is InChI=1S/C18H24N2O5/c1-14-5-2-3-6-15(14)25-13-17(22)20-11-9-19(10-12-20)16(21)7-4-8-18(23)24/h2-3,5-6H,4,7-13H2,1H3,(H,23,24)/p-1. The molecule has 1 heterocycles. The number of hydrogen-bond acceptors (Lipinski definition) is 5. The van der Waals surface area contributed by atoms with Crippen molar-refractivity contribution in [3.05, 3.63) is 29.8 Å². The molecule has 0 saturated carbocycles. The Bertz CT molecular complexity index is 624. The summed E-state index contributed by atoms with van der Waals surface area (Å²) in [5.41, 5.74) is 0.974. The monoisotopic (exact) mass is 347 g/mol. The zero-order chi connectivity index (χ0) is 18.2. The molecule has 0 spiro atoms. The summed E-state index contributed by atoms with van der Waals surface area (Å²) in [7, 11) is 0. The molecule has 0 N–H and O–H groups in total. The van der Waals surface area contributed by atoms with Gasteiger partial charge < -0.3 is 24.4 Å². The molecule has 2 amide bonds. The average molecular weight is 347 g/mol. The Morgan fingerprint density at radius 3 is 2.20 bits per heavy atom. The Morgan fingerprint density at radius 2 is 1.60 bits per heavy atom. The van der Waals surface area contributed by atoms with Crippen molar-refractivity contribution in [2.75, 3.05) is 32.8 Å². The first-order valence-electron chi connectivity index (χ1n) is 8.41. The predicted molar refractivity (Wildman–Crippen MR) is 88.7 cm³/mol. The Balaban J connectivity index is 1.72. The van der Waals surface area contributed by atoms with Crippen LogP contribution in [-0.2, 0) is 14.4 Å². The summed E-state index contributed by atoms with van der Waals surface area (Å²) in [6, 6.07) is 7.52. The van der Waals surface area contributed by atoms with Gasteiger partial charge in [-0.1, -0.05) is 18.2 Å². The van der Waals surface area contributed by atoms with E-state index in [2.05, 4.69) is 0 Å². The molecule has 0 atom stereocenters. The predicted octanol–water partition coefficient (Wildman–Crippen LogP) is -0.0352. The zero-order valence-corrected chi connectivity index (χ0v) is 14.4. The van der Waals surface area contributed by atoms with Gasteiger partial charge in [0, 0.05) is 38.6 Å². The topological polar surface area (TPSA) is 90.0 Å². The minimum absolute atomic E-state index is 0.0234. The van der Waals surface area contributed by atoms with Gasteiger partial charge in [0.1, 0.15) is 5.75 Å². The van der Waals surface area contributed by atoms with Crippen LogP contribution in [-0.4, -0.2) is 60.4 Å². The third-order valence-electron chi connectivity index (χ3n) is 4.20. The van der Waals surface area contributed by atoms with E-state index in [-0.39, 0.29) is 37.7 Å². The van der Waals surface area contributed by atoms with Crippen molar-refractivity contribution in [1.82, 2.24) is 9.80 Å². The largest absolute Gasteiger partial charge is 0.550 e. The number of carbonyl (C=O) groups is 3. The van der Waals surface area contributed by atoms with Crippen LogP contribution in [0.5, 0.6) is 5.75 Å². The van der Waals surface area contributed by atoms with Gasteiger partial charge in [-0.3, -0.25) is 9.59 Å². The molecular formula is C18H23N2O5-. The first-order valence-corrected chi connectivity index (χ1v) is 8.41. The highest BCUT2D eigenvalue weighted by molar-refractivity contribution is 5.79. The number of carbonyl (C=O) groups excluding carboxylic acids is 3. The number of aliphatic carboxylic acids is 1. The van der Waals surface area contributed by atoms with Crippen LogP contribution in [0.15, 0.2) is 24.3 Å². The molecule has 1 aromatic rings. The second kappa shape index (κ2) is 9.05. The first-order chi connectivity index (χ1) is 12.0. The summed E-state index contributed by atoms with van der Waals surface area (Å²) in [5, 5.41) is 10.4. The molecule has 0 unspecified atom stereocenters. The van der Waals surface area contributed by atoms with E-state index in [1.54, 1.807) is 9.80 Å². The number of aryl methyl sites for hydroxylation is 1. The fraction of sp³-hybridized carbons (Fsp3) is 0.500. The molecule has 136 valence electrons. The van der Waals surface area contributed by atoms with Crippen LogP contribution < -0.4 is 9.84 Å². The second-order valence-electron chi connectivity index (χ2n) is 6.04. The Kier molecular flexibility index (Phi) is 6.80. The number of rotatable bonds is 7. The fourth-order valence-electron chi connectivity index (χ4n) is 2.70. The zero-order valence-electron chi connectivity index (χ0n) is 14.4. The van der Waals surface area contributed by atoms with E-state index in [0.717, 1.165) is 5.56 Å². The molecule has 1 aliphatic rings. The van der Waals surface area contributed by atoms with E-state index in [1.807, 2.05) is 31.2 Å². The van der Waals surface area contributed by atoms with Crippen molar-refractivity contribution in [2.45, 2.75) is 26.2 Å². The van der Waals surface area contributed by atoms with Gasteiger partial charge in [-0.25, -0.2) is 0 Å². The van der Waals surface area contributed by atoms with Gasteiger partial charge in [0.2, 0.25) is 5.91 Å². The summed E-state index contributed by atoms with van der Waals surface area (Å²) in [5.74, 6) is -0.633. The molecule has 1 aromatic carbocycles. The minimum atomic E-state index is -1.14. The highest BCUT2D eigenvalue weighted by Gasteiger charge is 2.24. The maximum atomic E-state index is 12.2. The molecule has 1 fully saturated rings. The average Bonchev–Trinajstić information content (AvgIpc) is 2.60.